The van der Waals surface area contributed by atoms with Crippen molar-refractivity contribution >= 4 is 23.4 Å². The van der Waals surface area contributed by atoms with Gasteiger partial charge in [-0.25, -0.2) is 9.78 Å². The maximum absolute atomic E-state index is 11.3. The molecule has 0 saturated heterocycles. The van der Waals surface area contributed by atoms with E-state index in [1.807, 2.05) is 79.1 Å². The maximum atomic E-state index is 11.3. The number of primary amides is 1. The Balaban J connectivity index is 1.91. The van der Waals surface area contributed by atoms with Gasteiger partial charge in [-0.2, -0.15) is 0 Å². The highest BCUT2D eigenvalue weighted by Crippen LogP contribution is 2.38. The number of hydrogen-bond acceptors (Lipinski definition) is 5. The van der Waals surface area contributed by atoms with Crippen LogP contribution in [0.4, 0.5) is 22.1 Å². The highest BCUT2D eigenvalue weighted by atomic mass is 16.2. The summed E-state index contributed by atoms with van der Waals surface area (Å²) in [6, 6.07) is 22.3. The van der Waals surface area contributed by atoms with Gasteiger partial charge in [0.1, 0.15) is 11.6 Å². The summed E-state index contributed by atoms with van der Waals surface area (Å²) < 4.78 is 0. The second kappa shape index (κ2) is 8.83. The molecule has 0 atom stereocenters. The van der Waals surface area contributed by atoms with E-state index in [1.165, 1.54) is 0 Å². The third-order valence-electron chi connectivity index (χ3n) is 4.53. The number of rotatable bonds is 6. The highest BCUT2D eigenvalue weighted by Gasteiger charge is 2.26. The fourth-order valence-corrected chi connectivity index (χ4v) is 3.32. The Morgan fingerprint density at radius 3 is 2.07 bits per heavy atom. The van der Waals surface area contributed by atoms with Crippen molar-refractivity contribution < 1.29 is 4.79 Å². The SMILES string of the molecule is NC(=O)Nc1cccc(N(c2ccccc2)C(c2cccnc2)c2cccnc2)n1. The zero-order valence-electron chi connectivity index (χ0n) is 16.1. The van der Waals surface area contributed by atoms with Crippen LogP contribution in [0.25, 0.3) is 0 Å². The smallest absolute Gasteiger partial charge is 0.317 e. The summed E-state index contributed by atoms with van der Waals surface area (Å²) in [5, 5.41) is 2.55. The molecule has 0 spiro atoms. The van der Waals surface area contributed by atoms with Crippen molar-refractivity contribution in [2.75, 3.05) is 10.2 Å². The van der Waals surface area contributed by atoms with Gasteiger partial charge < -0.3 is 10.6 Å². The first-order valence-corrected chi connectivity index (χ1v) is 9.40. The zero-order chi connectivity index (χ0) is 20.8. The monoisotopic (exact) mass is 396 g/mol. The van der Waals surface area contributed by atoms with Gasteiger partial charge in [0.25, 0.3) is 0 Å². The molecule has 4 rings (SSSR count). The Labute approximate surface area is 174 Å². The van der Waals surface area contributed by atoms with E-state index in [9.17, 15) is 4.79 Å². The topological polar surface area (TPSA) is 97.0 Å². The van der Waals surface area contributed by atoms with Gasteiger partial charge in [0.15, 0.2) is 0 Å². The summed E-state index contributed by atoms with van der Waals surface area (Å²) in [5.74, 6) is 1.02. The zero-order valence-corrected chi connectivity index (χ0v) is 16.1. The summed E-state index contributed by atoms with van der Waals surface area (Å²) in [4.78, 5) is 26.7. The summed E-state index contributed by atoms with van der Waals surface area (Å²) in [7, 11) is 0. The summed E-state index contributed by atoms with van der Waals surface area (Å²) in [5.41, 5.74) is 8.17. The molecule has 0 aliphatic carbocycles. The molecule has 2 amide bonds. The molecule has 148 valence electrons. The van der Waals surface area contributed by atoms with Crippen LogP contribution < -0.4 is 16.0 Å². The Bertz CT molecular complexity index is 1070. The molecule has 7 heteroatoms. The molecule has 0 aliphatic rings. The lowest BCUT2D eigenvalue weighted by Gasteiger charge is -2.33. The first kappa shape index (κ1) is 19.1. The van der Waals surface area contributed by atoms with Crippen LogP contribution in [0.3, 0.4) is 0 Å². The van der Waals surface area contributed by atoms with Crippen molar-refractivity contribution in [1.29, 1.82) is 0 Å². The van der Waals surface area contributed by atoms with E-state index < -0.39 is 6.03 Å². The third-order valence-corrected chi connectivity index (χ3v) is 4.53. The first-order chi connectivity index (χ1) is 14.7. The van der Waals surface area contributed by atoms with Gasteiger partial charge in [0.2, 0.25) is 0 Å². The predicted molar refractivity (Wildman–Crippen MR) is 116 cm³/mol. The van der Waals surface area contributed by atoms with Crippen LogP contribution in [-0.2, 0) is 0 Å². The van der Waals surface area contributed by atoms with Gasteiger partial charge in [-0.05, 0) is 47.5 Å². The van der Waals surface area contributed by atoms with E-state index in [0.29, 0.717) is 11.6 Å². The molecule has 30 heavy (non-hydrogen) atoms. The van der Waals surface area contributed by atoms with Gasteiger partial charge in [0, 0.05) is 30.5 Å². The Kier molecular flexibility index (Phi) is 5.61. The molecule has 1 aromatic carbocycles. The van der Waals surface area contributed by atoms with Gasteiger partial charge in [-0.3, -0.25) is 15.3 Å². The van der Waals surface area contributed by atoms with Crippen LogP contribution in [-0.4, -0.2) is 21.0 Å². The van der Waals surface area contributed by atoms with Crippen molar-refractivity contribution in [3.05, 3.63) is 109 Å². The van der Waals surface area contributed by atoms with Crippen molar-refractivity contribution in [2.45, 2.75) is 6.04 Å². The number of anilines is 3. The molecular formula is C23H20N6O. The van der Waals surface area contributed by atoms with E-state index >= 15 is 0 Å². The second-order valence-electron chi connectivity index (χ2n) is 6.55. The number of nitrogens with one attached hydrogen (secondary N) is 1. The highest BCUT2D eigenvalue weighted by molar-refractivity contribution is 5.87. The minimum Gasteiger partial charge on any atom is -0.351 e. The number of carbonyl (C=O) groups is 1. The molecule has 0 unspecified atom stereocenters. The molecule has 0 fully saturated rings. The van der Waals surface area contributed by atoms with Crippen LogP contribution in [0.2, 0.25) is 0 Å². The van der Waals surface area contributed by atoms with Gasteiger partial charge >= 0.3 is 6.03 Å². The molecule has 0 aliphatic heterocycles. The third kappa shape index (κ3) is 4.25. The number of amides is 2. The number of aromatic nitrogens is 3. The number of nitrogens with two attached hydrogens (primary N) is 1. The first-order valence-electron chi connectivity index (χ1n) is 9.40. The number of urea groups is 1. The average molecular weight is 396 g/mol. The number of para-hydroxylation sites is 1. The predicted octanol–water partition coefficient (Wildman–Crippen LogP) is 4.29. The summed E-state index contributed by atoms with van der Waals surface area (Å²) in [6.45, 7) is 0. The quantitative estimate of drug-likeness (QED) is 0.507. The number of pyridine rings is 3. The van der Waals surface area contributed by atoms with Crippen molar-refractivity contribution in [2.24, 2.45) is 5.73 Å². The van der Waals surface area contributed by atoms with Gasteiger partial charge in [0.05, 0.1) is 6.04 Å². The van der Waals surface area contributed by atoms with Crippen LogP contribution in [0.15, 0.2) is 97.6 Å². The molecule has 3 heterocycles. The molecule has 7 nitrogen and oxygen atoms in total. The summed E-state index contributed by atoms with van der Waals surface area (Å²) in [6.07, 6.45) is 7.15. The Morgan fingerprint density at radius 2 is 1.50 bits per heavy atom. The number of hydrogen-bond donors (Lipinski definition) is 2. The minimum absolute atomic E-state index is 0.244. The van der Waals surface area contributed by atoms with E-state index in [-0.39, 0.29) is 6.04 Å². The molecule has 0 bridgehead atoms. The molecule has 3 N–H and O–H groups in total. The second-order valence-corrected chi connectivity index (χ2v) is 6.55. The van der Waals surface area contributed by atoms with Crippen molar-refractivity contribution in [3.8, 4) is 0 Å². The normalized spacial score (nSPS) is 10.6. The lowest BCUT2D eigenvalue weighted by Crippen LogP contribution is -2.27. The summed E-state index contributed by atoms with van der Waals surface area (Å²) >= 11 is 0. The fraction of sp³-hybridized carbons (Fsp3) is 0.0435. The number of nitrogens with zero attached hydrogens (tertiary/aromatic N) is 4. The van der Waals surface area contributed by atoms with Crippen molar-refractivity contribution in [1.82, 2.24) is 15.0 Å². The van der Waals surface area contributed by atoms with E-state index in [1.54, 1.807) is 18.5 Å². The Morgan fingerprint density at radius 1 is 0.833 bits per heavy atom. The Hall–Kier alpha value is -4.26. The van der Waals surface area contributed by atoms with Crippen LogP contribution in [0.1, 0.15) is 17.2 Å². The molecular weight excluding hydrogens is 376 g/mol. The van der Waals surface area contributed by atoms with Crippen LogP contribution >= 0.6 is 0 Å². The fourth-order valence-electron chi connectivity index (χ4n) is 3.32. The van der Waals surface area contributed by atoms with Crippen LogP contribution in [0.5, 0.6) is 0 Å². The molecule has 0 radical (unpaired) electrons. The number of benzene rings is 1. The van der Waals surface area contributed by atoms with Gasteiger partial charge in [-0.1, -0.05) is 36.4 Å². The minimum atomic E-state index is -0.665. The number of carbonyl (C=O) groups excluding carboxylic acids is 1. The van der Waals surface area contributed by atoms with Crippen LogP contribution in [0, 0.1) is 0 Å². The van der Waals surface area contributed by atoms with Gasteiger partial charge in [-0.15, -0.1) is 0 Å². The largest absolute Gasteiger partial charge is 0.351 e. The molecule has 0 saturated carbocycles. The van der Waals surface area contributed by atoms with E-state index in [0.717, 1.165) is 16.8 Å². The maximum Gasteiger partial charge on any atom is 0.317 e. The van der Waals surface area contributed by atoms with E-state index in [4.69, 9.17) is 5.73 Å². The van der Waals surface area contributed by atoms with Crippen molar-refractivity contribution in [3.63, 3.8) is 0 Å². The van der Waals surface area contributed by atoms with E-state index in [2.05, 4.69) is 25.2 Å². The standard InChI is InChI=1S/C23H20N6O/c24-23(30)28-20-11-4-12-21(27-20)29(19-9-2-1-3-10-19)22(17-7-5-13-25-15-17)18-8-6-14-26-16-18/h1-16,22H,(H3,24,27,28,30). The lowest BCUT2D eigenvalue weighted by atomic mass is 9.99. The molecule has 4 aromatic rings. The average Bonchev–Trinajstić information content (AvgIpc) is 2.79. The lowest BCUT2D eigenvalue weighted by molar-refractivity contribution is 0.259. The molecule has 3 aromatic heterocycles.